The van der Waals surface area contributed by atoms with Crippen LogP contribution in [0.3, 0.4) is 0 Å². The number of benzene rings is 1. The Morgan fingerprint density at radius 3 is 2.40 bits per heavy atom. The molecule has 1 aromatic carbocycles. The third-order valence-electron chi connectivity index (χ3n) is 4.10. The van der Waals surface area contributed by atoms with Gasteiger partial charge >= 0.3 is 0 Å². The van der Waals surface area contributed by atoms with Gasteiger partial charge in [-0.3, -0.25) is 0 Å². The van der Waals surface area contributed by atoms with Gasteiger partial charge in [0.15, 0.2) is 4.21 Å². The standard InChI is InChI=1S/C18H21N3O2S2/c1-12-16(10-19-4)11-21(17(12)15-8-6-5-7-9-15)25(22,23)18-13(2)20-14(3)24-18/h5-9,11,19H,10H2,1-4H3. The third kappa shape index (κ3) is 3.15. The first-order valence-electron chi connectivity index (χ1n) is 7.96. The van der Waals surface area contributed by atoms with Gasteiger partial charge in [-0.15, -0.1) is 11.3 Å². The van der Waals surface area contributed by atoms with E-state index < -0.39 is 10.0 Å². The van der Waals surface area contributed by atoms with Crippen LogP contribution in [0.15, 0.2) is 40.7 Å². The quantitative estimate of drug-likeness (QED) is 0.741. The summed E-state index contributed by atoms with van der Waals surface area (Å²) in [5, 5.41) is 3.85. The summed E-state index contributed by atoms with van der Waals surface area (Å²) < 4.78 is 28.4. The Hall–Kier alpha value is -1.96. The number of aromatic nitrogens is 2. The molecule has 0 saturated carbocycles. The van der Waals surface area contributed by atoms with Gasteiger partial charge in [0, 0.05) is 12.7 Å². The fraction of sp³-hybridized carbons (Fsp3) is 0.278. The Labute approximate surface area is 152 Å². The van der Waals surface area contributed by atoms with Crippen molar-refractivity contribution < 1.29 is 8.42 Å². The molecule has 0 unspecified atom stereocenters. The molecular weight excluding hydrogens is 354 g/mol. The van der Waals surface area contributed by atoms with Crippen molar-refractivity contribution in [1.82, 2.24) is 14.3 Å². The minimum absolute atomic E-state index is 0.299. The molecule has 2 aromatic heterocycles. The van der Waals surface area contributed by atoms with Crippen LogP contribution < -0.4 is 5.32 Å². The van der Waals surface area contributed by atoms with E-state index in [1.165, 1.54) is 15.3 Å². The third-order valence-corrected chi connectivity index (χ3v) is 7.42. The second-order valence-electron chi connectivity index (χ2n) is 5.93. The summed E-state index contributed by atoms with van der Waals surface area (Å²) in [6.07, 6.45) is 1.72. The zero-order chi connectivity index (χ0) is 18.2. The van der Waals surface area contributed by atoms with Crippen LogP contribution in [0.4, 0.5) is 0 Å². The smallest absolute Gasteiger partial charge is 0.279 e. The number of hydrogen-bond acceptors (Lipinski definition) is 5. The average molecular weight is 376 g/mol. The Morgan fingerprint density at radius 1 is 1.16 bits per heavy atom. The van der Waals surface area contributed by atoms with Crippen LogP contribution in [0, 0.1) is 20.8 Å². The molecule has 0 bridgehead atoms. The molecule has 0 saturated heterocycles. The second kappa shape index (κ2) is 6.74. The maximum absolute atomic E-state index is 13.3. The maximum Gasteiger partial charge on any atom is 0.279 e. The first-order valence-corrected chi connectivity index (χ1v) is 10.2. The Morgan fingerprint density at radius 2 is 1.84 bits per heavy atom. The molecule has 0 amide bonds. The molecule has 0 fully saturated rings. The van der Waals surface area contributed by atoms with Gasteiger partial charge in [0.2, 0.25) is 0 Å². The Kier molecular flexibility index (Phi) is 4.81. The average Bonchev–Trinajstić information content (AvgIpc) is 3.09. The lowest BCUT2D eigenvalue weighted by molar-refractivity contribution is 0.589. The topological polar surface area (TPSA) is 64.0 Å². The number of nitrogens with zero attached hydrogens (tertiary/aromatic N) is 2. The van der Waals surface area contributed by atoms with E-state index in [1.54, 1.807) is 13.1 Å². The summed E-state index contributed by atoms with van der Waals surface area (Å²) in [5.74, 6) is 0. The number of hydrogen-bond donors (Lipinski definition) is 1. The molecule has 0 aliphatic carbocycles. The Balaban J connectivity index is 2.28. The minimum atomic E-state index is -3.70. The summed E-state index contributed by atoms with van der Waals surface area (Å²) in [6.45, 7) is 6.13. The van der Waals surface area contributed by atoms with Gasteiger partial charge in [-0.25, -0.2) is 8.96 Å². The van der Waals surface area contributed by atoms with Gasteiger partial charge in [0.05, 0.1) is 16.4 Å². The number of rotatable bonds is 5. The van der Waals surface area contributed by atoms with Crippen LogP contribution in [0.25, 0.3) is 11.3 Å². The van der Waals surface area contributed by atoms with Crippen LogP contribution in [-0.2, 0) is 16.6 Å². The van der Waals surface area contributed by atoms with Crippen molar-refractivity contribution in [2.75, 3.05) is 7.05 Å². The van der Waals surface area contributed by atoms with Gasteiger partial charge in [-0.1, -0.05) is 30.3 Å². The van der Waals surface area contributed by atoms with Crippen molar-refractivity contribution in [1.29, 1.82) is 0 Å². The van der Waals surface area contributed by atoms with Crippen LogP contribution in [0.1, 0.15) is 21.8 Å². The summed E-state index contributed by atoms with van der Waals surface area (Å²) >= 11 is 1.21. The summed E-state index contributed by atoms with van der Waals surface area (Å²) in [7, 11) is -1.85. The molecule has 5 nitrogen and oxygen atoms in total. The lowest BCUT2D eigenvalue weighted by Gasteiger charge is -2.11. The first kappa shape index (κ1) is 17.8. The molecule has 0 radical (unpaired) electrons. The SMILES string of the molecule is CNCc1cn(S(=O)(=O)c2sc(C)nc2C)c(-c2ccccc2)c1C. The molecule has 3 rings (SSSR count). The normalized spacial score (nSPS) is 11.8. The van der Waals surface area contributed by atoms with E-state index in [2.05, 4.69) is 10.3 Å². The predicted molar refractivity (Wildman–Crippen MR) is 102 cm³/mol. The van der Waals surface area contributed by atoms with Gasteiger partial charge in [-0.05, 0) is 44.5 Å². The highest BCUT2D eigenvalue weighted by Gasteiger charge is 2.28. The minimum Gasteiger partial charge on any atom is -0.316 e. The lowest BCUT2D eigenvalue weighted by Crippen LogP contribution is -2.13. The van der Waals surface area contributed by atoms with E-state index in [1.807, 2.05) is 51.2 Å². The molecule has 0 atom stereocenters. The molecule has 1 N–H and O–H groups in total. The highest BCUT2D eigenvalue weighted by molar-refractivity contribution is 7.92. The maximum atomic E-state index is 13.3. The van der Waals surface area contributed by atoms with Crippen molar-refractivity contribution in [2.45, 2.75) is 31.5 Å². The van der Waals surface area contributed by atoms with E-state index in [9.17, 15) is 8.42 Å². The molecule has 25 heavy (non-hydrogen) atoms. The molecule has 2 heterocycles. The van der Waals surface area contributed by atoms with Gasteiger partial charge in [0.1, 0.15) is 0 Å². The fourth-order valence-corrected chi connectivity index (χ4v) is 5.97. The highest BCUT2D eigenvalue weighted by Crippen LogP contribution is 2.33. The molecule has 3 aromatic rings. The predicted octanol–water partition coefficient (Wildman–Crippen LogP) is 3.49. The zero-order valence-electron chi connectivity index (χ0n) is 14.7. The van der Waals surface area contributed by atoms with Gasteiger partial charge in [0.25, 0.3) is 10.0 Å². The molecule has 0 spiro atoms. The van der Waals surface area contributed by atoms with Crippen molar-refractivity contribution in [3.05, 3.63) is 58.4 Å². The molecule has 0 aliphatic heterocycles. The summed E-state index contributed by atoms with van der Waals surface area (Å²) in [5.41, 5.74) is 4.05. The van der Waals surface area contributed by atoms with Crippen LogP contribution in [-0.4, -0.2) is 24.4 Å². The lowest BCUT2D eigenvalue weighted by atomic mass is 10.1. The number of nitrogens with one attached hydrogen (secondary N) is 1. The summed E-state index contributed by atoms with van der Waals surface area (Å²) in [6, 6.07) is 9.62. The van der Waals surface area contributed by atoms with Gasteiger partial charge < -0.3 is 5.32 Å². The number of aryl methyl sites for hydroxylation is 2. The van der Waals surface area contributed by atoms with Crippen molar-refractivity contribution in [3.63, 3.8) is 0 Å². The molecule has 132 valence electrons. The molecule has 0 aliphatic rings. The van der Waals surface area contributed by atoms with E-state index >= 15 is 0 Å². The van der Waals surface area contributed by atoms with E-state index in [0.717, 1.165) is 21.7 Å². The fourth-order valence-electron chi connectivity index (χ4n) is 2.96. The van der Waals surface area contributed by atoms with E-state index in [4.69, 9.17) is 0 Å². The van der Waals surface area contributed by atoms with Crippen LogP contribution in [0.5, 0.6) is 0 Å². The highest BCUT2D eigenvalue weighted by atomic mass is 32.2. The van der Waals surface area contributed by atoms with E-state index in [-0.39, 0.29) is 0 Å². The van der Waals surface area contributed by atoms with Crippen molar-refractivity contribution in [2.24, 2.45) is 0 Å². The van der Waals surface area contributed by atoms with Crippen molar-refractivity contribution in [3.8, 4) is 11.3 Å². The summed E-state index contributed by atoms with van der Waals surface area (Å²) in [4.78, 5) is 4.28. The van der Waals surface area contributed by atoms with Crippen molar-refractivity contribution >= 4 is 21.4 Å². The zero-order valence-corrected chi connectivity index (χ0v) is 16.3. The van der Waals surface area contributed by atoms with Crippen LogP contribution >= 0.6 is 11.3 Å². The van der Waals surface area contributed by atoms with Crippen LogP contribution in [0.2, 0.25) is 0 Å². The molecular formula is C18H21N3O2S2. The van der Waals surface area contributed by atoms with E-state index in [0.29, 0.717) is 22.1 Å². The number of thiazole rings is 1. The largest absolute Gasteiger partial charge is 0.316 e. The second-order valence-corrected chi connectivity index (χ2v) is 9.14. The first-order chi connectivity index (χ1) is 11.9. The molecule has 7 heteroatoms. The monoisotopic (exact) mass is 375 g/mol. The van der Waals surface area contributed by atoms with Gasteiger partial charge in [-0.2, -0.15) is 8.42 Å². The Bertz CT molecular complexity index is 1000.